The van der Waals surface area contributed by atoms with Crippen LogP contribution in [0.3, 0.4) is 0 Å². The second kappa shape index (κ2) is 5.00. The van der Waals surface area contributed by atoms with E-state index in [1.54, 1.807) is 10.9 Å². The lowest BCUT2D eigenvalue weighted by Crippen LogP contribution is -2.40. The van der Waals surface area contributed by atoms with Crippen LogP contribution in [0.1, 0.15) is 24.1 Å². The number of nitrogens with zero attached hydrogens (tertiary/aromatic N) is 3. The second-order valence-corrected chi connectivity index (χ2v) is 5.16. The number of hydrogen-bond donors (Lipinski definition) is 1. The summed E-state index contributed by atoms with van der Waals surface area (Å²) in [5.41, 5.74) is 9.14. The minimum atomic E-state index is -0.271. The number of hydrogen-bond acceptors (Lipinski definition) is 3. The Morgan fingerprint density at radius 1 is 1.40 bits per heavy atom. The lowest BCUT2D eigenvalue weighted by Gasteiger charge is -2.31. The van der Waals surface area contributed by atoms with Gasteiger partial charge in [-0.3, -0.25) is 9.48 Å². The smallest absolute Gasteiger partial charge is 0.247 e. The lowest BCUT2D eigenvalue weighted by atomic mass is 9.97. The van der Waals surface area contributed by atoms with Crippen molar-refractivity contribution >= 4 is 11.6 Å². The largest absolute Gasteiger partial charge is 0.398 e. The molecule has 2 aromatic rings. The molecule has 1 aliphatic heterocycles. The number of benzene rings is 1. The zero-order valence-electron chi connectivity index (χ0n) is 11.5. The molecule has 0 saturated heterocycles. The van der Waals surface area contributed by atoms with Gasteiger partial charge >= 0.3 is 0 Å². The number of rotatable bonds is 2. The van der Waals surface area contributed by atoms with E-state index in [4.69, 9.17) is 5.73 Å². The topological polar surface area (TPSA) is 64.2 Å². The van der Waals surface area contributed by atoms with Gasteiger partial charge in [-0.15, -0.1) is 0 Å². The molecule has 0 fully saturated rings. The van der Waals surface area contributed by atoms with E-state index >= 15 is 0 Å². The van der Waals surface area contributed by atoms with E-state index < -0.39 is 0 Å². The average Bonchev–Trinajstić information content (AvgIpc) is 3.00. The van der Waals surface area contributed by atoms with Crippen molar-refractivity contribution in [2.75, 3.05) is 12.3 Å². The van der Waals surface area contributed by atoms with E-state index in [-0.39, 0.29) is 11.9 Å². The summed E-state index contributed by atoms with van der Waals surface area (Å²) in [6.45, 7) is 3.22. The van der Waals surface area contributed by atoms with E-state index in [2.05, 4.69) is 5.10 Å². The van der Waals surface area contributed by atoms with Gasteiger partial charge in [-0.05, 0) is 36.6 Å². The van der Waals surface area contributed by atoms with Crippen LogP contribution in [-0.4, -0.2) is 27.1 Å². The third kappa shape index (κ3) is 2.15. The lowest BCUT2D eigenvalue weighted by molar-refractivity contribution is -0.135. The van der Waals surface area contributed by atoms with Crippen molar-refractivity contribution in [2.45, 2.75) is 25.9 Å². The Kier molecular flexibility index (Phi) is 3.18. The maximum atomic E-state index is 12.5. The van der Waals surface area contributed by atoms with Gasteiger partial charge in [0.1, 0.15) is 6.04 Å². The molecule has 1 amide bonds. The summed E-state index contributed by atoms with van der Waals surface area (Å²) in [5, 5.41) is 4.14. The monoisotopic (exact) mass is 270 g/mol. The van der Waals surface area contributed by atoms with Gasteiger partial charge in [-0.1, -0.05) is 12.1 Å². The molecule has 0 radical (unpaired) electrons. The Morgan fingerprint density at radius 2 is 2.25 bits per heavy atom. The fraction of sp³-hybridized carbons (Fsp3) is 0.333. The third-order valence-corrected chi connectivity index (χ3v) is 3.89. The van der Waals surface area contributed by atoms with E-state index in [0.29, 0.717) is 13.1 Å². The molecule has 20 heavy (non-hydrogen) atoms. The van der Waals surface area contributed by atoms with Crippen LogP contribution in [0, 0.1) is 0 Å². The van der Waals surface area contributed by atoms with Gasteiger partial charge in [0, 0.05) is 31.2 Å². The van der Waals surface area contributed by atoms with Crippen molar-refractivity contribution in [3.63, 3.8) is 0 Å². The number of carbonyl (C=O) groups is 1. The zero-order chi connectivity index (χ0) is 14.1. The molecule has 5 nitrogen and oxygen atoms in total. The van der Waals surface area contributed by atoms with Crippen molar-refractivity contribution < 1.29 is 4.79 Å². The number of anilines is 1. The highest BCUT2D eigenvalue weighted by atomic mass is 16.2. The number of nitrogens with two attached hydrogens (primary N) is 1. The number of aromatic nitrogens is 2. The molecule has 1 aromatic heterocycles. The normalized spacial score (nSPS) is 15.8. The first-order valence-corrected chi connectivity index (χ1v) is 6.81. The first-order chi connectivity index (χ1) is 9.66. The van der Waals surface area contributed by atoms with Crippen LogP contribution in [-0.2, 0) is 17.8 Å². The number of amides is 1. The Morgan fingerprint density at radius 3 is 3.00 bits per heavy atom. The molecule has 0 bridgehead atoms. The molecule has 1 aliphatic rings. The molecular weight excluding hydrogens is 252 g/mol. The van der Waals surface area contributed by atoms with E-state index in [9.17, 15) is 4.79 Å². The number of carbonyl (C=O) groups excluding carboxylic acids is 1. The quantitative estimate of drug-likeness (QED) is 0.843. The fourth-order valence-corrected chi connectivity index (χ4v) is 2.71. The fourth-order valence-electron chi connectivity index (χ4n) is 2.71. The Balaban J connectivity index is 1.78. The molecule has 3 rings (SSSR count). The highest BCUT2D eigenvalue weighted by molar-refractivity contribution is 5.80. The SMILES string of the molecule is CC(C(=O)N1CCc2c(N)cccc2C1)n1cccn1. The van der Waals surface area contributed by atoms with Crippen molar-refractivity contribution in [2.24, 2.45) is 0 Å². The van der Waals surface area contributed by atoms with Crippen LogP contribution in [0.25, 0.3) is 0 Å². The highest BCUT2D eigenvalue weighted by Gasteiger charge is 2.26. The molecular formula is C15H18N4O. The van der Waals surface area contributed by atoms with Gasteiger partial charge in [-0.2, -0.15) is 5.10 Å². The minimum absolute atomic E-state index is 0.0989. The van der Waals surface area contributed by atoms with Crippen molar-refractivity contribution in [3.05, 3.63) is 47.8 Å². The van der Waals surface area contributed by atoms with Crippen LogP contribution in [0.2, 0.25) is 0 Å². The Bertz CT molecular complexity index is 621. The number of fused-ring (bicyclic) bond motifs is 1. The van der Waals surface area contributed by atoms with Gasteiger partial charge in [0.05, 0.1) is 0 Å². The second-order valence-electron chi connectivity index (χ2n) is 5.16. The molecule has 1 atom stereocenters. The van der Waals surface area contributed by atoms with Crippen molar-refractivity contribution in [1.29, 1.82) is 0 Å². The van der Waals surface area contributed by atoms with Crippen LogP contribution >= 0.6 is 0 Å². The summed E-state index contributed by atoms with van der Waals surface area (Å²) in [4.78, 5) is 14.4. The first-order valence-electron chi connectivity index (χ1n) is 6.81. The Hall–Kier alpha value is -2.30. The average molecular weight is 270 g/mol. The third-order valence-electron chi connectivity index (χ3n) is 3.89. The summed E-state index contributed by atoms with van der Waals surface area (Å²) in [6.07, 6.45) is 4.33. The maximum Gasteiger partial charge on any atom is 0.247 e. The molecule has 1 unspecified atom stereocenters. The zero-order valence-corrected chi connectivity index (χ0v) is 11.5. The predicted molar refractivity (Wildman–Crippen MR) is 76.9 cm³/mol. The van der Waals surface area contributed by atoms with E-state index in [0.717, 1.165) is 17.7 Å². The van der Waals surface area contributed by atoms with Crippen LogP contribution in [0.4, 0.5) is 5.69 Å². The molecule has 104 valence electrons. The minimum Gasteiger partial charge on any atom is -0.398 e. The maximum absolute atomic E-state index is 12.5. The summed E-state index contributed by atoms with van der Waals surface area (Å²) < 4.78 is 1.69. The first kappa shape index (κ1) is 12.7. The standard InChI is InChI=1S/C15H18N4O/c1-11(19-8-3-7-17-19)15(20)18-9-6-13-12(10-18)4-2-5-14(13)16/h2-5,7-8,11H,6,9-10,16H2,1H3. The molecule has 0 saturated carbocycles. The van der Waals surface area contributed by atoms with Crippen LogP contribution in [0.15, 0.2) is 36.7 Å². The summed E-state index contributed by atoms with van der Waals surface area (Å²) in [5.74, 6) is 0.0989. The van der Waals surface area contributed by atoms with Gasteiger partial charge in [0.15, 0.2) is 0 Å². The summed E-state index contributed by atoms with van der Waals surface area (Å²) >= 11 is 0. The molecule has 2 N–H and O–H groups in total. The van der Waals surface area contributed by atoms with Gasteiger partial charge in [0.2, 0.25) is 5.91 Å². The predicted octanol–water partition coefficient (Wildman–Crippen LogP) is 1.61. The van der Waals surface area contributed by atoms with Crippen LogP contribution < -0.4 is 5.73 Å². The summed E-state index contributed by atoms with van der Waals surface area (Å²) in [7, 11) is 0. The molecule has 0 spiro atoms. The molecule has 2 heterocycles. The van der Waals surface area contributed by atoms with Crippen molar-refractivity contribution in [3.8, 4) is 0 Å². The van der Waals surface area contributed by atoms with Gasteiger partial charge in [0.25, 0.3) is 0 Å². The Labute approximate surface area is 118 Å². The van der Waals surface area contributed by atoms with Crippen LogP contribution in [0.5, 0.6) is 0 Å². The van der Waals surface area contributed by atoms with Gasteiger partial charge in [-0.25, -0.2) is 0 Å². The molecule has 0 aliphatic carbocycles. The number of nitrogen functional groups attached to an aromatic ring is 1. The van der Waals surface area contributed by atoms with Gasteiger partial charge < -0.3 is 10.6 Å². The van der Waals surface area contributed by atoms with Crippen molar-refractivity contribution in [1.82, 2.24) is 14.7 Å². The summed E-state index contributed by atoms with van der Waals surface area (Å²) in [6, 6.07) is 7.47. The highest BCUT2D eigenvalue weighted by Crippen LogP contribution is 2.25. The van der Waals surface area contributed by atoms with E-state index in [1.807, 2.05) is 42.3 Å². The molecule has 1 aromatic carbocycles. The molecule has 5 heteroatoms. The van der Waals surface area contributed by atoms with E-state index in [1.165, 1.54) is 5.56 Å².